The van der Waals surface area contributed by atoms with Crippen LogP contribution in [0.4, 0.5) is 0 Å². The van der Waals surface area contributed by atoms with Gasteiger partial charge in [-0.1, -0.05) is 6.07 Å². The molecule has 1 aromatic carbocycles. The lowest BCUT2D eigenvalue weighted by atomic mass is 10.1. The van der Waals surface area contributed by atoms with E-state index in [0.29, 0.717) is 12.2 Å². The molecule has 0 amide bonds. The van der Waals surface area contributed by atoms with Gasteiger partial charge >= 0.3 is 5.97 Å². The summed E-state index contributed by atoms with van der Waals surface area (Å²) < 4.78 is 17.1. The second kappa shape index (κ2) is 8.32. The Kier molecular flexibility index (Phi) is 5.89. The number of carbonyl (C=O) groups excluding carboxylic acids is 1. The van der Waals surface area contributed by atoms with E-state index in [0.717, 1.165) is 41.9 Å². The fraction of sp³-hybridized carbons (Fsp3) is 0.429. The fourth-order valence-electron chi connectivity index (χ4n) is 3.22. The Morgan fingerprint density at radius 3 is 2.73 bits per heavy atom. The second-order valence-electron chi connectivity index (χ2n) is 6.75. The van der Waals surface area contributed by atoms with Crippen LogP contribution < -0.4 is 4.74 Å². The van der Waals surface area contributed by atoms with E-state index in [1.54, 1.807) is 12.4 Å². The zero-order valence-electron chi connectivity index (χ0n) is 15.5. The minimum atomic E-state index is -0.321. The van der Waals surface area contributed by atoms with Crippen LogP contribution in [-0.4, -0.2) is 29.8 Å². The summed E-state index contributed by atoms with van der Waals surface area (Å²) in [6.07, 6.45) is 5.23. The van der Waals surface area contributed by atoms with E-state index in [-0.39, 0.29) is 18.2 Å². The van der Waals surface area contributed by atoms with E-state index in [1.807, 2.05) is 45.0 Å². The van der Waals surface area contributed by atoms with Crippen LogP contribution in [-0.2, 0) is 16.1 Å². The molecule has 1 aliphatic rings. The average molecular weight is 355 g/mol. The summed E-state index contributed by atoms with van der Waals surface area (Å²) in [7, 11) is 0. The number of rotatable bonds is 6. The Hall–Kier alpha value is -2.40. The van der Waals surface area contributed by atoms with Crippen LogP contribution in [0.25, 0.3) is 0 Å². The Morgan fingerprint density at radius 2 is 2.12 bits per heavy atom. The van der Waals surface area contributed by atoms with Crippen molar-refractivity contribution in [3.05, 3.63) is 58.9 Å². The Bertz CT molecular complexity index is 731. The van der Waals surface area contributed by atoms with Crippen molar-refractivity contribution in [1.29, 1.82) is 0 Å². The van der Waals surface area contributed by atoms with Crippen molar-refractivity contribution in [3.63, 3.8) is 0 Å². The van der Waals surface area contributed by atoms with E-state index < -0.39 is 0 Å². The lowest BCUT2D eigenvalue weighted by Gasteiger charge is -2.20. The molecular formula is C21H25NO4. The zero-order chi connectivity index (χ0) is 18.5. The third-order valence-corrected chi connectivity index (χ3v) is 4.58. The summed E-state index contributed by atoms with van der Waals surface area (Å²) in [6.45, 7) is 6.94. The van der Waals surface area contributed by atoms with E-state index in [1.165, 1.54) is 0 Å². The number of hydrogen-bond donors (Lipinski definition) is 0. The van der Waals surface area contributed by atoms with Gasteiger partial charge in [-0.2, -0.15) is 0 Å². The molecule has 5 heteroatoms. The van der Waals surface area contributed by atoms with Gasteiger partial charge in [0.2, 0.25) is 0 Å². The Morgan fingerprint density at radius 1 is 1.35 bits per heavy atom. The van der Waals surface area contributed by atoms with Crippen molar-refractivity contribution < 1.29 is 19.0 Å². The lowest BCUT2D eigenvalue weighted by Crippen LogP contribution is -2.28. The summed E-state index contributed by atoms with van der Waals surface area (Å²) in [6, 6.07) is 7.48. The molecule has 1 fully saturated rings. The van der Waals surface area contributed by atoms with Crippen LogP contribution in [0.15, 0.2) is 36.7 Å². The van der Waals surface area contributed by atoms with Gasteiger partial charge in [0.25, 0.3) is 0 Å². The van der Waals surface area contributed by atoms with Crippen molar-refractivity contribution in [3.8, 4) is 5.75 Å². The number of aryl methyl sites for hydroxylation is 2. The van der Waals surface area contributed by atoms with Gasteiger partial charge in [-0.3, -0.25) is 4.98 Å². The fourth-order valence-corrected chi connectivity index (χ4v) is 3.22. The molecule has 1 saturated heterocycles. The average Bonchev–Trinajstić information content (AvgIpc) is 3.16. The minimum absolute atomic E-state index is 0.00299. The molecule has 1 unspecified atom stereocenters. The molecule has 0 N–H and O–H groups in total. The van der Waals surface area contributed by atoms with Gasteiger partial charge < -0.3 is 14.2 Å². The molecule has 2 aromatic rings. The molecule has 0 saturated carbocycles. The number of pyridine rings is 1. The van der Waals surface area contributed by atoms with Crippen molar-refractivity contribution in [2.24, 2.45) is 0 Å². The topological polar surface area (TPSA) is 57.7 Å². The first-order valence-corrected chi connectivity index (χ1v) is 9.00. The summed E-state index contributed by atoms with van der Waals surface area (Å²) >= 11 is 0. The quantitative estimate of drug-likeness (QED) is 0.733. The predicted molar refractivity (Wildman–Crippen MR) is 98.3 cm³/mol. The summed E-state index contributed by atoms with van der Waals surface area (Å²) in [5.41, 5.74) is 3.36. The summed E-state index contributed by atoms with van der Waals surface area (Å²) in [5.74, 6) is 0.468. The molecule has 1 aromatic heterocycles. The predicted octanol–water partition coefficient (Wildman–Crippen LogP) is 4.00. The summed E-state index contributed by atoms with van der Waals surface area (Å²) in [5, 5.41) is 0. The molecule has 0 bridgehead atoms. The molecule has 5 nitrogen and oxygen atoms in total. The van der Waals surface area contributed by atoms with Crippen LogP contribution >= 0.6 is 0 Å². The third-order valence-electron chi connectivity index (χ3n) is 4.58. The largest absolute Gasteiger partial charge is 0.488 e. The smallest absolute Gasteiger partial charge is 0.338 e. The van der Waals surface area contributed by atoms with Gasteiger partial charge in [0.1, 0.15) is 18.5 Å². The highest BCUT2D eigenvalue weighted by Gasteiger charge is 2.26. The van der Waals surface area contributed by atoms with E-state index >= 15 is 0 Å². The van der Waals surface area contributed by atoms with Crippen molar-refractivity contribution in [1.82, 2.24) is 4.98 Å². The van der Waals surface area contributed by atoms with Crippen LogP contribution in [0, 0.1) is 13.8 Å². The van der Waals surface area contributed by atoms with E-state index in [4.69, 9.17) is 14.2 Å². The van der Waals surface area contributed by atoms with Crippen molar-refractivity contribution >= 4 is 5.97 Å². The SMILES string of the molecule is Cc1cc(C(=O)O[C@@H](C)C2CCCO2)cc(C)c1OCc1cccnc1. The molecule has 26 heavy (non-hydrogen) atoms. The molecule has 3 rings (SSSR count). The Labute approximate surface area is 154 Å². The number of ether oxygens (including phenoxy) is 3. The number of hydrogen-bond acceptors (Lipinski definition) is 5. The highest BCUT2D eigenvalue weighted by Crippen LogP contribution is 2.27. The number of benzene rings is 1. The van der Waals surface area contributed by atoms with Gasteiger partial charge in [-0.25, -0.2) is 4.79 Å². The standard InChI is InChI=1S/C21H25NO4/c1-14-10-18(21(23)26-16(3)19-7-5-9-24-19)11-15(2)20(14)25-13-17-6-4-8-22-12-17/h4,6,8,10-12,16,19H,5,7,9,13H2,1-3H3/t16-,19?/m0/s1. The zero-order valence-corrected chi connectivity index (χ0v) is 15.5. The monoisotopic (exact) mass is 355 g/mol. The molecule has 1 aliphatic heterocycles. The van der Waals surface area contributed by atoms with Crippen LogP contribution in [0.2, 0.25) is 0 Å². The molecule has 0 spiro atoms. The molecule has 0 radical (unpaired) electrons. The maximum absolute atomic E-state index is 12.5. The molecule has 138 valence electrons. The number of nitrogens with zero attached hydrogens (tertiary/aromatic N) is 1. The minimum Gasteiger partial charge on any atom is -0.488 e. The second-order valence-corrected chi connectivity index (χ2v) is 6.75. The Balaban J connectivity index is 1.66. The number of carbonyl (C=O) groups is 1. The normalized spacial score (nSPS) is 17.7. The van der Waals surface area contributed by atoms with Crippen LogP contribution in [0.5, 0.6) is 5.75 Å². The number of esters is 1. The highest BCUT2D eigenvalue weighted by atomic mass is 16.6. The van der Waals surface area contributed by atoms with Crippen LogP contribution in [0.1, 0.15) is 46.8 Å². The maximum Gasteiger partial charge on any atom is 0.338 e. The van der Waals surface area contributed by atoms with Gasteiger partial charge in [0.15, 0.2) is 0 Å². The van der Waals surface area contributed by atoms with Crippen molar-refractivity contribution in [2.45, 2.75) is 52.4 Å². The van der Waals surface area contributed by atoms with Gasteiger partial charge in [-0.05, 0) is 62.9 Å². The highest BCUT2D eigenvalue weighted by molar-refractivity contribution is 5.90. The number of aromatic nitrogens is 1. The van der Waals surface area contributed by atoms with E-state index in [2.05, 4.69) is 4.98 Å². The van der Waals surface area contributed by atoms with Gasteiger partial charge in [0.05, 0.1) is 11.7 Å². The first kappa shape index (κ1) is 18.4. The molecule has 0 aliphatic carbocycles. The third kappa shape index (κ3) is 4.41. The van der Waals surface area contributed by atoms with Crippen LogP contribution in [0.3, 0.4) is 0 Å². The molecular weight excluding hydrogens is 330 g/mol. The molecule has 2 atom stereocenters. The van der Waals surface area contributed by atoms with Gasteiger partial charge in [0, 0.05) is 24.6 Å². The first-order chi connectivity index (χ1) is 12.5. The lowest BCUT2D eigenvalue weighted by molar-refractivity contribution is -0.0212. The van der Waals surface area contributed by atoms with E-state index in [9.17, 15) is 4.79 Å². The summed E-state index contributed by atoms with van der Waals surface area (Å²) in [4.78, 5) is 16.6. The first-order valence-electron chi connectivity index (χ1n) is 9.00. The molecule has 2 heterocycles. The van der Waals surface area contributed by atoms with Gasteiger partial charge in [-0.15, -0.1) is 0 Å². The van der Waals surface area contributed by atoms with Crippen molar-refractivity contribution in [2.75, 3.05) is 6.61 Å². The maximum atomic E-state index is 12.5.